The van der Waals surface area contributed by atoms with Gasteiger partial charge in [-0.25, -0.2) is 4.98 Å². The Bertz CT molecular complexity index is 437. The van der Waals surface area contributed by atoms with Gasteiger partial charge in [0.25, 0.3) is 0 Å². The van der Waals surface area contributed by atoms with Crippen molar-refractivity contribution in [1.82, 2.24) is 24.9 Å². The molecule has 7 heteroatoms. The van der Waals surface area contributed by atoms with E-state index in [0.717, 1.165) is 31.0 Å². The van der Waals surface area contributed by atoms with Crippen molar-refractivity contribution in [3.63, 3.8) is 0 Å². The maximum Gasteiger partial charge on any atom is 0.0962 e. The van der Waals surface area contributed by atoms with Gasteiger partial charge in [0.15, 0.2) is 0 Å². The molecule has 0 saturated heterocycles. The first-order chi connectivity index (χ1) is 8.28. The van der Waals surface area contributed by atoms with Gasteiger partial charge in [-0.1, -0.05) is 5.21 Å². The Morgan fingerprint density at radius 2 is 2.35 bits per heavy atom. The lowest BCUT2D eigenvalue weighted by Gasteiger charge is -2.14. The summed E-state index contributed by atoms with van der Waals surface area (Å²) in [6.45, 7) is 3.02. The molecule has 0 aliphatic rings. The van der Waals surface area contributed by atoms with Crippen molar-refractivity contribution in [2.75, 3.05) is 13.6 Å². The predicted octanol–water partition coefficient (Wildman–Crippen LogP) is 0.325. The second-order valence-electron chi connectivity index (χ2n) is 3.89. The van der Waals surface area contributed by atoms with Crippen LogP contribution in [0.1, 0.15) is 11.4 Å². The van der Waals surface area contributed by atoms with E-state index >= 15 is 0 Å². The zero-order valence-electron chi connectivity index (χ0n) is 9.78. The van der Waals surface area contributed by atoms with Crippen LogP contribution in [0.3, 0.4) is 0 Å². The normalized spacial score (nSPS) is 11.2. The summed E-state index contributed by atoms with van der Waals surface area (Å²) in [6.07, 6.45) is 1.89. The van der Waals surface area contributed by atoms with E-state index in [0.29, 0.717) is 6.54 Å². The molecule has 0 aliphatic heterocycles. The van der Waals surface area contributed by atoms with Crippen molar-refractivity contribution >= 4 is 11.3 Å². The summed E-state index contributed by atoms with van der Waals surface area (Å²) in [7, 11) is 2.07. The van der Waals surface area contributed by atoms with Crippen molar-refractivity contribution in [1.29, 1.82) is 0 Å². The molecule has 2 heterocycles. The lowest BCUT2D eigenvalue weighted by molar-refractivity contribution is 0.301. The summed E-state index contributed by atoms with van der Waals surface area (Å²) in [6, 6.07) is 0. The van der Waals surface area contributed by atoms with E-state index in [4.69, 9.17) is 5.73 Å². The number of thiazole rings is 1. The Hall–Kier alpha value is -1.31. The maximum absolute atomic E-state index is 5.48. The zero-order chi connectivity index (χ0) is 12.1. The van der Waals surface area contributed by atoms with Crippen LogP contribution in [0.5, 0.6) is 0 Å². The van der Waals surface area contributed by atoms with Gasteiger partial charge in [0, 0.05) is 31.2 Å². The van der Waals surface area contributed by atoms with Gasteiger partial charge in [-0.3, -0.25) is 9.58 Å². The van der Waals surface area contributed by atoms with E-state index in [9.17, 15) is 0 Å². The van der Waals surface area contributed by atoms with Crippen LogP contribution in [0.2, 0.25) is 0 Å². The molecule has 0 saturated carbocycles. The number of rotatable bonds is 6. The molecular weight excluding hydrogens is 236 g/mol. The minimum atomic E-state index is 0.439. The fourth-order valence-electron chi connectivity index (χ4n) is 1.49. The van der Waals surface area contributed by atoms with E-state index in [2.05, 4.69) is 32.6 Å². The van der Waals surface area contributed by atoms with Gasteiger partial charge in [0.2, 0.25) is 0 Å². The second kappa shape index (κ2) is 5.85. The Morgan fingerprint density at radius 3 is 3.00 bits per heavy atom. The largest absolute Gasteiger partial charge is 0.325 e. The van der Waals surface area contributed by atoms with Crippen molar-refractivity contribution < 1.29 is 0 Å². The van der Waals surface area contributed by atoms with Gasteiger partial charge in [-0.2, -0.15) is 0 Å². The predicted molar refractivity (Wildman–Crippen MR) is 66.4 cm³/mol. The van der Waals surface area contributed by atoms with Crippen LogP contribution in [0.25, 0.3) is 0 Å². The van der Waals surface area contributed by atoms with Gasteiger partial charge in [-0.05, 0) is 7.05 Å². The lowest BCUT2D eigenvalue weighted by Crippen LogP contribution is -2.23. The molecule has 0 atom stereocenters. The third-order valence-electron chi connectivity index (χ3n) is 2.42. The molecule has 0 aromatic carbocycles. The average Bonchev–Trinajstić information content (AvgIpc) is 2.96. The minimum absolute atomic E-state index is 0.439. The summed E-state index contributed by atoms with van der Waals surface area (Å²) in [4.78, 5) is 6.46. The zero-order valence-corrected chi connectivity index (χ0v) is 10.6. The third kappa shape index (κ3) is 3.58. The van der Waals surface area contributed by atoms with Crippen LogP contribution in [-0.2, 0) is 19.6 Å². The third-order valence-corrected chi connectivity index (χ3v) is 3.06. The van der Waals surface area contributed by atoms with Gasteiger partial charge < -0.3 is 5.73 Å². The summed E-state index contributed by atoms with van der Waals surface area (Å²) >= 11 is 1.62. The summed E-state index contributed by atoms with van der Waals surface area (Å²) < 4.78 is 1.82. The standard InChI is InChI=1S/C10H16N6S/c1-15(5-10-7-17-8-12-10)2-3-16-6-9(4-11)13-14-16/h6-8H,2-5,11H2,1H3. The van der Waals surface area contributed by atoms with E-state index in [1.54, 1.807) is 11.3 Å². The molecule has 0 aliphatic carbocycles. The van der Waals surface area contributed by atoms with E-state index < -0.39 is 0 Å². The Morgan fingerprint density at radius 1 is 1.47 bits per heavy atom. The Kier molecular flexibility index (Phi) is 4.18. The lowest BCUT2D eigenvalue weighted by atomic mass is 10.4. The number of hydrogen-bond acceptors (Lipinski definition) is 6. The highest BCUT2D eigenvalue weighted by Gasteiger charge is 2.03. The van der Waals surface area contributed by atoms with Gasteiger partial charge in [0.05, 0.1) is 23.4 Å². The Balaban J connectivity index is 1.77. The molecule has 0 amide bonds. The number of aromatic nitrogens is 4. The molecular formula is C10H16N6S. The van der Waals surface area contributed by atoms with Crippen molar-refractivity contribution in [2.45, 2.75) is 19.6 Å². The fourth-order valence-corrected chi connectivity index (χ4v) is 2.04. The quantitative estimate of drug-likeness (QED) is 0.802. The molecule has 92 valence electrons. The smallest absolute Gasteiger partial charge is 0.0962 e. The van der Waals surface area contributed by atoms with Crippen LogP contribution in [0, 0.1) is 0 Å². The van der Waals surface area contributed by atoms with Crippen LogP contribution < -0.4 is 5.73 Å². The molecule has 2 aromatic rings. The number of nitrogens with two attached hydrogens (primary N) is 1. The highest BCUT2D eigenvalue weighted by molar-refractivity contribution is 7.07. The number of likely N-dealkylation sites (N-methyl/N-ethyl adjacent to an activating group) is 1. The van der Waals surface area contributed by atoms with Gasteiger partial charge >= 0.3 is 0 Å². The molecule has 2 aromatic heterocycles. The molecule has 2 rings (SSSR count). The van der Waals surface area contributed by atoms with Crippen LogP contribution >= 0.6 is 11.3 Å². The molecule has 6 nitrogen and oxygen atoms in total. The molecule has 0 fully saturated rings. The number of nitrogens with zero attached hydrogens (tertiary/aromatic N) is 5. The fraction of sp³-hybridized carbons (Fsp3) is 0.500. The first-order valence-corrected chi connectivity index (χ1v) is 6.37. The van der Waals surface area contributed by atoms with Crippen LogP contribution in [-0.4, -0.2) is 38.5 Å². The van der Waals surface area contributed by atoms with Crippen molar-refractivity contribution in [3.8, 4) is 0 Å². The van der Waals surface area contributed by atoms with E-state index in [-0.39, 0.29) is 0 Å². The first kappa shape index (κ1) is 12.2. The molecule has 0 bridgehead atoms. The summed E-state index contributed by atoms with van der Waals surface area (Å²) in [5, 5.41) is 10.0. The van der Waals surface area contributed by atoms with Crippen molar-refractivity contribution in [3.05, 3.63) is 28.5 Å². The average molecular weight is 252 g/mol. The molecule has 0 spiro atoms. The molecule has 0 unspecified atom stereocenters. The van der Waals surface area contributed by atoms with Gasteiger partial charge in [-0.15, -0.1) is 16.4 Å². The SMILES string of the molecule is CN(CCn1cc(CN)nn1)Cc1cscn1. The van der Waals surface area contributed by atoms with E-state index in [1.165, 1.54) is 0 Å². The first-order valence-electron chi connectivity index (χ1n) is 5.42. The monoisotopic (exact) mass is 252 g/mol. The summed E-state index contributed by atoms with van der Waals surface area (Å²) in [5.41, 5.74) is 9.27. The summed E-state index contributed by atoms with van der Waals surface area (Å²) in [5.74, 6) is 0. The van der Waals surface area contributed by atoms with Gasteiger partial charge in [0.1, 0.15) is 0 Å². The van der Waals surface area contributed by atoms with E-state index in [1.807, 2.05) is 16.4 Å². The van der Waals surface area contributed by atoms with Crippen LogP contribution in [0.4, 0.5) is 0 Å². The molecule has 17 heavy (non-hydrogen) atoms. The molecule has 2 N–H and O–H groups in total. The highest BCUT2D eigenvalue weighted by Crippen LogP contribution is 2.04. The molecule has 0 radical (unpaired) electrons. The Labute approximate surface area is 104 Å². The minimum Gasteiger partial charge on any atom is -0.325 e. The topological polar surface area (TPSA) is 72.9 Å². The van der Waals surface area contributed by atoms with Crippen molar-refractivity contribution in [2.24, 2.45) is 5.73 Å². The second-order valence-corrected chi connectivity index (χ2v) is 4.61. The number of hydrogen-bond donors (Lipinski definition) is 1. The highest BCUT2D eigenvalue weighted by atomic mass is 32.1. The maximum atomic E-state index is 5.48. The van der Waals surface area contributed by atoms with Crippen LogP contribution in [0.15, 0.2) is 17.1 Å².